The average Bonchev–Trinajstić information content (AvgIpc) is 2.88. The number of benzene rings is 1. The Hall–Kier alpha value is -2.14. The van der Waals surface area contributed by atoms with Crippen molar-refractivity contribution in [1.29, 1.82) is 0 Å². The Kier molecular flexibility index (Phi) is 4.57. The van der Waals surface area contributed by atoms with E-state index in [4.69, 9.17) is 9.47 Å². The minimum atomic E-state index is 0.132. The maximum Gasteiger partial charge on any atom is 0.161 e. The normalized spacial score (nSPS) is 21.7. The third-order valence-corrected chi connectivity index (χ3v) is 5.41. The van der Waals surface area contributed by atoms with Gasteiger partial charge in [0, 0.05) is 36.8 Å². The average molecular weight is 353 g/mol. The van der Waals surface area contributed by atoms with Gasteiger partial charge in [-0.25, -0.2) is 9.97 Å². The lowest BCUT2D eigenvalue weighted by molar-refractivity contribution is 0.165. The minimum absolute atomic E-state index is 0.132. The molecule has 1 saturated heterocycles. The summed E-state index contributed by atoms with van der Waals surface area (Å²) < 4.78 is 11.4. The first-order valence-electron chi connectivity index (χ1n) is 9.47. The first-order chi connectivity index (χ1) is 12.5. The van der Waals surface area contributed by atoms with Crippen LogP contribution >= 0.6 is 0 Å². The van der Waals surface area contributed by atoms with Crippen molar-refractivity contribution >= 4 is 0 Å². The summed E-state index contributed by atoms with van der Waals surface area (Å²) >= 11 is 0. The van der Waals surface area contributed by atoms with Crippen LogP contribution in [-0.4, -0.2) is 34.1 Å². The third kappa shape index (κ3) is 3.16. The molecule has 1 fully saturated rings. The molecule has 0 aliphatic carbocycles. The van der Waals surface area contributed by atoms with Crippen molar-refractivity contribution in [1.82, 2.24) is 14.9 Å². The number of rotatable bonds is 5. The van der Waals surface area contributed by atoms with Crippen LogP contribution in [0.4, 0.5) is 0 Å². The van der Waals surface area contributed by atoms with E-state index in [-0.39, 0.29) is 6.10 Å². The Morgan fingerprint density at radius 2 is 2.08 bits per heavy atom. The molecule has 2 bridgehead atoms. The molecule has 3 heterocycles. The predicted octanol–water partition coefficient (Wildman–Crippen LogP) is 3.84. The fourth-order valence-corrected chi connectivity index (χ4v) is 4.29. The van der Waals surface area contributed by atoms with Gasteiger partial charge in [0.2, 0.25) is 0 Å². The molecule has 0 unspecified atom stereocenters. The van der Waals surface area contributed by atoms with Crippen LogP contribution in [0.2, 0.25) is 0 Å². The van der Waals surface area contributed by atoms with Crippen LogP contribution in [0, 0.1) is 6.92 Å². The van der Waals surface area contributed by atoms with Crippen LogP contribution in [0.15, 0.2) is 24.4 Å². The molecule has 5 nitrogen and oxygen atoms in total. The summed E-state index contributed by atoms with van der Waals surface area (Å²) in [6.07, 6.45) is 5.62. The molecule has 2 aliphatic heterocycles. The molecule has 1 aromatic carbocycles. The Balaban J connectivity index is 1.57. The van der Waals surface area contributed by atoms with Crippen LogP contribution in [0.3, 0.4) is 0 Å². The Morgan fingerprint density at radius 1 is 1.23 bits per heavy atom. The summed E-state index contributed by atoms with van der Waals surface area (Å²) in [5.74, 6) is 2.49. The van der Waals surface area contributed by atoms with E-state index in [2.05, 4.69) is 27.0 Å². The van der Waals surface area contributed by atoms with Gasteiger partial charge in [0.05, 0.1) is 18.9 Å². The highest BCUT2D eigenvalue weighted by Gasteiger charge is 2.40. The van der Waals surface area contributed by atoms with Crippen molar-refractivity contribution in [2.45, 2.75) is 64.8 Å². The van der Waals surface area contributed by atoms with E-state index in [0.29, 0.717) is 12.1 Å². The van der Waals surface area contributed by atoms with E-state index in [9.17, 15) is 0 Å². The van der Waals surface area contributed by atoms with Crippen molar-refractivity contribution in [2.24, 2.45) is 0 Å². The van der Waals surface area contributed by atoms with E-state index < -0.39 is 0 Å². The molecule has 2 aromatic rings. The summed E-state index contributed by atoms with van der Waals surface area (Å²) in [7, 11) is 1.70. The molecule has 1 aromatic heterocycles. The first kappa shape index (κ1) is 17.3. The van der Waals surface area contributed by atoms with Crippen LogP contribution in [0.1, 0.15) is 55.4 Å². The zero-order valence-electron chi connectivity index (χ0n) is 16.0. The highest BCUT2D eigenvalue weighted by atomic mass is 16.5. The second-order valence-electron chi connectivity index (χ2n) is 7.59. The Labute approximate surface area is 155 Å². The summed E-state index contributed by atoms with van der Waals surface area (Å²) in [5, 5.41) is 0. The highest BCUT2D eigenvalue weighted by Crippen LogP contribution is 2.44. The molecule has 0 amide bonds. The summed E-state index contributed by atoms with van der Waals surface area (Å²) in [6, 6.07) is 7.29. The van der Waals surface area contributed by atoms with Crippen LogP contribution in [0.25, 0.3) is 0 Å². The molecule has 26 heavy (non-hydrogen) atoms. The van der Waals surface area contributed by atoms with E-state index in [0.717, 1.165) is 30.3 Å². The topological polar surface area (TPSA) is 47.5 Å². The Morgan fingerprint density at radius 3 is 2.85 bits per heavy atom. The predicted molar refractivity (Wildman–Crippen MR) is 101 cm³/mol. The summed E-state index contributed by atoms with van der Waals surface area (Å²) in [6.45, 7) is 6.95. The van der Waals surface area contributed by atoms with Gasteiger partial charge in [0.25, 0.3) is 0 Å². The van der Waals surface area contributed by atoms with Crippen molar-refractivity contribution < 1.29 is 9.47 Å². The fourth-order valence-electron chi connectivity index (χ4n) is 4.29. The molecule has 2 aliphatic rings. The van der Waals surface area contributed by atoms with E-state index in [1.807, 2.05) is 33.0 Å². The van der Waals surface area contributed by atoms with Gasteiger partial charge in [-0.15, -0.1) is 0 Å². The SMILES string of the molecule is COc1cc(CN2[C@@H]3CC[C@@H]2c2cnc(C)nc2C3)ccc1OC(C)C. The number of methoxy groups -OCH3 is 1. The molecule has 4 rings (SSSR count). The van der Waals surface area contributed by atoms with Gasteiger partial charge in [0.1, 0.15) is 5.82 Å². The molecule has 138 valence electrons. The van der Waals surface area contributed by atoms with Crippen molar-refractivity contribution in [2.75, 3.05) is 7.11 Å². The molecule has 5 heteroatoms. The van der Waals surface area contributed by atoms with E-state index >= 15 is 0 Å². The Bertz CT molecular complexity index is 806. The number of fused-ring (bicyclic) bond motifs is 4. The lowest BCUT2D eigenvalue weighted by Crippen LogP contribution is -2.37. The molecule has 2 atom stereocenters. The molecule has 0 radical (unpaired) electrons. The summed E-state index contributed by atoms with van der Waals surface area (Å²) in [5.41, 5.74) is 3.82. The zero-order chi connectivity index (χ0) is 18.3. The van der Waals surface area contributed by atoms with Crippen molar-refractivity contribution in [3.63, 3.8) is 0 Å². The number of ether oxygens (including phenoxy) is 2. The monoisotopic (exact) mass is 353 g/mol. The van der Waals surface area contributed by atoms with Crippen molar-refractivity contribution in [3.05, 3.63) is 47.0 Å². The molecular formula is C21H27N3O2. The number of aromatic nitrogens is 2. The van der Waals surface area contributed by atoms with Gasteiger partial charge in [-0.1, -0.05) is 6.07 Å². The lowest BCUT2D eigenvalue weighted by atomic mass is 9.98. The number of nitrogens with zero attached hydrogens (tertiary/aromatic N) is 3. The van der Waals surface area contributed by atoms with Gasteiger partial charge in [-0.3, -0.25) is 4.90 Å². The standard InChI is InChI=1S/C21H27N3O2/c1-13(2)26-20-8-5-15(9-21(20)25-4)12-24-16-6-7-19(24)17-11-22-14(3)23-18(17)10-16/h5,8-9,11,13,16,19H,6-7,10,12H2,1-4H3/t16-,19-/m1/s1. The fraction of sp³-hybridized carbons (Fsp3) is 0.524. The lowest BCUT2D eigenvalue weighted by Gasteiger charge is -2.35. The molecule has 0 spiro atoms. The van der Waals surface area contributed by atoms with E-state index in [1.54, 1.807) is 7.11 Å². The second kappa shape index (κ2) is 6.88. The number of hydrogen-bond donors (Lipinski definition) is 0. The van der Waals surface area contributed by atoms with Gasteiger partial charge in [0.15, 0.2) is 11.5 Å². The number of hydrogen-bond acceptors (Lipinski definition) is 5. The second-order valence-corrected chi connectivity index (χ2v) is 7.59. The minimum Gasteiger partial charge on any atom is -0.493 e. The maximum absolute atomic E-state index is 5.84. The van der Waals surface area contributed by atoms with Crippen LogP contribution in [-0.2, 0) is 13.0 Å². The van der Waals surface area contributed by atoms with Gasteiger partial charge < -0.3 is 9.47 Å². The van der Waals surface area contributed by atoms with Crippen molar-refractivity contribution in [3.8, 4) is 11.5 Å². The van der Waals surface area contributed by atoms with Gasteiger partial charge in [-0.2, -0.15) is 0 Å². The van der Waals surface area contributed by atoms with Crippen LogP contribution < -0.4 is 9.47 Å². The third-order valence-electron chi connectivity index (χ3n) is 5.41. The van der Waals surface area contributed by atoms with Crippen LogP contribution in [0.5, 0.6) is 11.5 Å². The number of aryl methyl sites for hydroxylation is 1. The van der Waals surface area contributed by atoms with E-state index in [1.165, 1.54) is 29.7 Å². The van der Waals surface area contributed by atoms with Gasteiger partial charge >= 0.3 is 0 Å². The highest BCUT2D eigenvalue weighted by molar-refractivity contribution is 5.43. The molecule has 0 N–H and O–H groups in total. The largest absolute Gasteiger partial charge is 0.493 e. The van der Waals surface area contributed by atoms with Gasteiger partial charge in [-0.05, 0) is 51.3 Å². The maximum atomic E-state index is 5.84. The zero-order valence-corrected chi connectivity index (χ0v) is 16.0. The summed E-state index contributed by atoms with van der Waals surface area (Å²) in [4.78, 5) is 11.7. The molecular weight excluding hydrogens is 326 g/mol. The smallest absolute Gasteiger partial charge is 0.161 e. The quantitative estimate of drug-likeness (QED) is 0.817. The molecule has 0 saturated carbocycles. The first-order valence-corrected chi connectivity index (χ1v) is 9.47.